The van der Waals surface area contributed by atoms with Crippen molar-refractivity contribution in [2.45, 2.75) is 326 Å². The van der Waals surface area contributed by atoms with Gasteiger partial charge in [-0.25, -0.2) is 0 Å². The summed E-state index contributed by atoms with van der Waals surface area (Å²) in [5, 5.41) is 54.6. The number of carbonyl (C=O) groups is 1. The number of hydrogen-bond acceptors (Lipinski definition) is 8. The highest BCUT2D eigenvalue weighted by Gasteiger charge is 2.44. The van der Waals surface area contributed by atoms with Crippen LogP contribution in [0.15, 0.2) is 12.2 Å². The molecule has 6 N–H and O–H groups in total. The molecule has 0 radical (unpaired) electrons. The molecule has 1 amide bonds. The van der Waals surface area contributed by atoms with Crippen molar-refractivity contribution in [3.63, 3.8) is 0 Å². The number of carbonyl (C=O) groups excluding carboxylic acids is 1. The molecule has 1 saturated heterocycles. The molecule has 0 aromatic heterocycles. The molecule has 1 rings (SSSR count). The van der Waals surface area contributed by atoms with Gasteiger partial charge in [-0.2, -0.15) is 0 Å². The van der Waals surface area contributed by atoms with E-state index in [1.165, 1.54) is 218 Å². The van der Waals surface area contributed by atoms with Crippen LogP contribution in [-0.4, -0.2) is 87.5 Å². The molecule has 0 saturated carbocycles. The summed E-state index contributed by atoms with van der Waals surface area (Å²) in [6.45, 7) is 3.87. The third-order valence-corrected chi connectivity index (χ3v) is 13.9. The summed E-state index contributed by atoms with van der Waals surface area (Å²) >= 11 is 0. The van der Waals surface area contributed by atoms with E-state index in [1.807, 2.05) is 0 Å². The fourth-order valence-corrected chi connectivity index (χ4v) is 9.34. The molecule has 7 unspecified atom stereocenters. The highest BCUT2D eigenvalue weighted by molar-refractivity contribution is 5.76. The van der Waals surface area contributed by atoms with Crippen molar-refractivity contribution in [3.8, 4) is 0 Å². The first-order valence-electron chi connectivity index (χ1n) is 28.4. The minimum atomic E-state index is -1.55. The van der Waals surface area contributed by atoms with E-state index in [0.717, 1.165) is 38.5 Å². The molecule has 386 valence electrons. The first kappa shape index (κ1) is 61.9. The van der Waals surface area contributed by atoms with Gasteiger partial charge in [0.1, 0.15) is 24.4 Å². The van der Waals surface area contributed by atoms with Gasteiger partial charge in [-0.05, 0) is 38.5 Å². The van der Waals surface area contributed by atoms with Crippen LogP contribution in [0.3, 0.4) is 0 Å². The summed E-state index contributed by atoms with van der Waals surface area (Å²) in [6.07, 6.45) is 49.5. The molecule has 1 aliphatic heterocycles. The second-order valence-corrected chi connectivity index (χ2v) is 20.1. The Kier molecular flexibility index (Phi) is 44.5. The van der Waals surface area contributed by atoms with Gasteiger partial charge in [0, 0.05) is 6.42 Å². The summed E-state index contributed by atoms with van der Waals surface area (Å²) in [6, 6.07) is -0.717. The molecule has 0 bridgehead atoms. The zero-order chi connectivity index (χ0) is 47.3. The molecule has 9 heteroatoms. The number of hydrogen-bond donors (Lipinski definition) is 6. The van der Waals surface area contributed by atoms with Crippen molar-refractivity contribution < 1.29 is 39.8 Å². The average molecular weight is 924 g/mol. The molecule has 0 aliphatic carbocycles. The number of rotatable bonds is 49. The molecular formula is C56H109NO8. The van der Waals surface area contributed by atoms with Gasteiger partial charge in [0.05, 0.1) is 25.4 Å². The topological polar surface area (TPSA) is 149 Å². The van der Waals surface area contributed by atoms with Gasteiger partial charge in [0.25, 0.3) is 0 Å². The molecule has 0 aromatic rings. The van der Waals surface area contributed by atoms with Crippen LogP contribution in [0.2, 0.25) is 0 Å². The SMILES string of the molecule is CCCCCCCCCCCCCC/C=C\CCCCCCCCCCCC(=O)NC(COC1OC(CO)C(O)C(O)C1O)C(O)CCCCCCCCCCCCCCCCCCC. The lowest BCUT2D eigenvalue weighted by atomic mass is 9.99. The van der Waals surface area contributed by atoms with Gasteiger partial charge < -0.3 is 40.3 Å². The van der Waals surface area contributed by atoms with Crippen LogP contribution in [0.5, 0.6) is 0 Å². The summed E-state index contributed by atoms with van der Waals surface area (Å²) in [5.74, 6) is -0.142. The molecule has 9 nitrogen and oxygen atoms in total. The minimum Gasteiger partial charge on any atom is -0.394 e. The lowest BCUT2D eigenvalue weighted by Gasteiger charge is -2.40. The van der Waals surface area contributed by atoms with Crippen molar-refractivity contribution in [3.05, 3.63) is 12.2 Å². The molecule has 7 atom stereocenters. The third kappa shape index (κ3) is 36.6. The third-order valence-electron chi connectivity index (χ3n) is 13.9. The highest BCUT2D eigenvalue weighted by Crippen LogP contribution is 2.23. The van der Waals surface area contributed by atoms with Crippen molar-refractivity contribution in [2.75, 3.05) is 13.2 Å². The smallest absolute Gasteiger partial charge is 0.220 e. The van der Waals surface area contributed by atoms with Crippen LogP contribution in [0.1, 0.15) is 284 Å². The van der Waals surface area contributed by atoms with Gasteiger partial charge in [-0.1, -0.05) is 251 Å². The number of allylic oxidation sites excluding steroid dienone is 2. The van der Waals surface area contributed by atoms with Crippen molar-refractivity contribution >= 4 is 5.91 Å². The fourth-order valence-electron chi connectivity index (χ4n) is 9.34. The number of aliphatic hydroxyl groups excluding tert-OH is 5. The Morgan fingerprint density at radius 2 is 0.862 bits per heavy atom. The summed E-state index contributed by atoms with van der Waals surface area (Å²) in [4.78, 5) is 13.1. The summed E-state index contributed by atoms with van der Waals surface area (Å²) in [5.41, 5.74) is 0. The molecule has 65 heavy (non-hydrogen) atoms. The maximum atomic E-state index is 13.1. The number of aliphatic hydroxyl groups is 5. The van der Waals surface area contributed by atoms with E-state index < -0.39 is 49.5 Å². The van der Waals surface area contributed by atoms with Gasteiger partial charge in [0.15, 0.2) is 6.29 Å². The first-order chi connectivity index (χ1) is 31.8. The maximum Gasteiger partial charge on any atom is 0.220 e. The monoisotopic (exact) mass is 924 g/mol. The number of ether oxygens (including phenoxy) is 2. The van der Waals surface area contributed by atoms with Gasteiger partial charge in [-0.3, -0.25) is 4.79 Å². The van der Waals surface area contributed by atoms with E-state index in [-0.39, 0.29) is 12.5 Å². The van der Waals surface area contributed by atoms with Crippen LogP contribution in [0.25, 0.3) is 0 Å². The molecular weight excluding hydrogens is 815 g/mol. The standard InChI is InChI=1S/C56H109NO8/c1-3-5-7-9-11-13-15-17-19-21-22-23-24-25-26-27-28-30-32-34-36-38-40-42-44-46-52(60)57-49(48-64-56-55(63)54(62)53(61)51(47-58)65-56)50(59)45-43-41-39-37-35-33-31-29-20-18-16-14-12-10-8-6-4-2/h25-26,49-51,53-56,58-59,61-63H,3-24,27-48H2,1-2H3,(H,57,60)/b26-25-. The van der Waals surface area contributed by atoms with E-state index in [4.69, 9.17) is 9.47 Å². The van der Waals surface area contributed by atoms with Crippen LogP contribution < -0.4 is 5.32 Å². The van der Waals surface area contributed by atoms with E-state index in [1.54, 1.807) is 0 Å². The quantitative estimate of drug-likeness (QED) is 0.0261. The second kappa shape index (κ2) is 46.6. The van der Waals surface area contributed by atoms with Crippen LogP contribution in [0.4, 0.5) is 0 Å². The minimum absolute atomic E-state index is 0.135. The van der Waals surface area contributed by atoms with E-state index >= 15 is 0 Å². The Morgan fingerprint density at radius 3 is 1.25 bits per heavy atom. The Hall–Kier alpha value is -1.07. The molecule has 1 fully saturated rings. The van der Waals surface area contributed by atoms with E-state index in [0.29, 0.717) is 12.8 Å². The lowest BCUT2D eigenvalue weighted by molar-refractivity contribution is -0.302. The number of unbranched alkanes of at least 4 members (excludes halogenated alkanes) is 37. The van der Waals surface area contributed by atoms with E-state index in [2.05, 4.69) is 31.3 Å². The Labute approximate surface area is 401 Å². The summed E-state index contributed by atoms with van der Waals surface area (Å²) in [7, 11) is 0. The first-order valence-corrected chi connectivity index (χ1v) is 28.4. The lowest BCUT2D eigenvalue weighted by Crippen LogP contribution is -2.60. The molecule has 0 aromatic carbocycles. The maximum absolute atomic E-state index is 13.1. The van der Waals surface area contributed by atoms with Crippen molar-refractivity contribution in [1.82, 2.24) is 5.32 Å². The number of amides is 1. The molecule has 0 spiro atoms. The van der Waals surface area contributed by atoms with E-state index in [9.17, 15) is 30.3 Å². The normalized spacial score (nSPS) is 19.9. The van der Waals surface area contributed by atoms with Gasteiger partial charge in [0.2, 0.25) is 5.91 Å². The zero-order valence-corrected chi connectivity index (χ0v) is 42.8. The van der Waals surface area contributed by atoms with Crippen LogP contribution >= 0.6 is 0 Å². The van der Waals surface area contributed by atoms with Crippen LogP contribution in [0, 0.1) is 0 Å². The fraction of sp³-hybridized carbons (Fsp3) is 0.946. The molecule has 1 aliphatic rings. The molecule has 1 heterocycles. The summed E-state index contributed by atoms with van der Waals surface area (Å²) < 4.78 is 11.3. The number of nitrogens with one attached hydrogen (secondary N) is 1. The Bertz CT molecular complexity index is 1030. The van der Waals surface area contributed by atoms with Crippen molar-refractivity contribution in [1.29, 1.82) is 0 Å². The zero-order valence-electron chi connectivity index (χ0n) is 42.8. The second-order valence-electron chi connectivity index (χ2n) is 20.1. The predicted octanol–water partition coefficient (Wildman–Crippen LogP) is 13.6. The van der Waals surface area contributed by atoms with Gasteiger partial charge >= 0.3 is 0 Å². The Morgan fingerprint density at radius 1 is 0.508 bits per heavy atom. The van der Waals surface area contributed by atoms with Crippen LogP contribution in [-0.2, 0) is 14.3 Å². The average Bonchev–Trinajstić information content (AvgIpc) is 3.31. The van der Waals surface area contributed by atoms with Crippen molar-refractivity contribution in [2.24, 2.45) is 0 Å². The predicted molar refractivity (Wildman–Crippen MR) is 272 cm³/mol. The Balaban J connectivity index is 2.20. The van der Waals surface area contributed by atoms with Gasteiger partial charge in [-0.15, -0.1) is 0 Å². The largest absolute Gasteiger partial charge is 0.394 e. The highest BCUT2D eigenvalue weighted by atomic mass is 16.7.